The van der Waals surface area contributed by atoms with Crippen molar-refractivity contribution in [3.8, 4) is 0 Å². The van der Waals surface area contributed by atoms with Gasteiger partial charge in [-0.15, -0.1) is 0 Å². The van der Waals surface area contributed by atoms with Gasteiger partial charge in [-0.25, -0.2) is 9.97 Å². The van der Waals surface area contributed by atoms with Crippen LogP contribution in [0.1, 0.15) is 5.69 Å². The molecule has 3 heteroatoms. The average Bonchev–Trinajstić information content (AvgIpc) is 2.36. The minimum Gasteiger partial charge on any atom is -0.288 e. The summed E-state index contributed by atoms with van der Waals surface area (Å²) in [5, 5.41) is 0. The maximum atomic E-state index is 4.05. The fourth-order valence-electron chi connectivity index (χ4n) is 0.958. The summed E-state index contributed by atoms with van der Waals surface area (Å²) >= 11 is 0. The normalized spacial score (nSPS) is 10.5. The Hall–Kier alpha value is -1.38. The minimum atomic E-state index is 0.764. The van der Waals surface area contributed by atoms with Gasteiger partial charge in [-0.1, -0.05) is 0 Å². The van der Waals surface area contributed by atoms with Crippen molar-refractivity contribution in [3.63, 3.8) is 0 Å². The molecule has 50 valence electrons. The zero-order valence-electron chi connectivity index (χ0n) is 5.65. The SMILES string of the molecule is Cc1ccnc2nccn12. The molecule has 0 fully saturated rings. The van der Waals surface area contributed by atoms with Gasteiger partial charge in [0, 0.05) is 24.3 Å². The third-order valence-corrected chi connectivity index (χ3v) is 1.51. The molecule has 0 spiro atoms. The molecule has 10 heavy (non-hydrogen) atoms. The summed E-state index contributed by atoms with van der Waals surface area (Å²) in [7, 11) is 0. The van der Waals surface area contributed by atoms with Crippen molar-refractivity contribution in [3.05, 3.63) is 30.4 Å². The van der Waals surface area contributed by atoms with Gasteiger partial charge in [-0.2, -0.15) is 0 Å². The first-order valence-electron chi connectivity index (χ1n) is 3.12. The summed E-state index contributed by atoms with van der Waals surface area (Å²) in [4.78, 5) is 8.09. The van der Waals surface area contributed by atoms with Crippen LogP contribution in [0.2, 0.25) is 0 Å². The van der Waals surface area contributed by atoms with E-state index in [1.165, 1.54) is 0 Å². The standard InChI is InChI=1S/C7H7N3/c1-6-2-3-8-7-9-4-5-10(6)7/h2-5H,1H3. The molecule has 0 aromatic carbocycles. The molecule has 0 aliphatic carbocycles. The average molecular weight is 133 g/mol. The first kappa shape index (κ1) is 5.41. The lowest BCUT2D eigenvalue weighted by atomic mass is 10.4. The zero-order valence-corrected chi connectivity index (χ0v) is 5.65. The van der Waals surface area contributed by atoms with Gasteiger partial charge in [0.15, 0.2) is 0 Å². The summed E-state index contributed by atoms with van der Waals surface area (Å²) in [6.07, 6.45) is 5.41. The van der Waals surface area contributed by atoms with Crippen LogP contribution >= 0.6 is 0 Å². The molecule has 0 aliphatic rings. The predicted octanol–water partition coefficient (Wildman–Crippen LogP) is 1.04. The van der Waals surface area contributed by atoms with Crippen molar-refractivity contribution in [2.75, 3.05) is 0 Å². The second-order valence-electron chi connectivity index (χ2n) is 2.18. The van der Waals surface area contributed by atoms with Gasteiger partial charge < -0.3 is 0 Å². The van der Waals surface area contributed by atoms with E-state index in [1.807, 2.05) is 23.6 Å². The van der Waals surface area contributed by atoms with E-state index in [1.54, 1.807) is 12.4 Å². The second-order valence-corrected chi connectivity index (χ2v) is 2.18. The number of imidazole rings is 1. The number of hydrogen-bond donors (Lipinski definition) is 0. The highest BCUT2D eigenvalue weighted by molar-refractivity contribution is 5.28. The maximum absolute atomic E-state index is 4.05. The van der Waals surface area contributed by atoms with E-state index in [9.17, 15) is 0 Å². The summed E-state index contributed by atoms with van der Waals surface area (Å²) in [6, 6.07) is 1.95. The summed E-state index contributed by atoms with van der Waals surface area (Å²) in [5.74, 6) is 0.764. The summed E-state index contributed by atoms with van der Waals surface area (Å²) < 4.78 is 1.94. The molecule has 0 unspecified atom stereocenters. The summed E-state index contributed by atoms with van der Waals surface area (Å²) in [6.45, 7) is 2.02. The van der Waals surface area contributed by atoms with E-state index in [0.717, 1.165) is 11.5 Å². The lowest BCUT2D eigenvalue weighted by Gasteiger charge is -1.94. The van der Waals surface area contributed by atoms with Crippen LogP contribution < -0.4 is 0 Å². The van der Waals surface area contributed by atoms with Gasteiger partial charge in [0.1, 0.15) is 0 Å². The Morgan fingerprint density at radius 1 is 1.30 bits per heavy atom. The first-order valence-corrected chi connectivity index (χ1v) is 3.12. The van der Waals surface area contributed by atoms with Crippen molar-refractivity contribution in [2.24, 2.45) is 0 Å². The topological polar surface area (TPSA) is 30.2 Å². The Morgan fingerprint density at radius 2 is 2.10 bits per heavy atom. The van der Waals surface area contributed by atoms with Gasteiger partial charge in [-0.3, -0.25) is 4.40 Å². The quantitative estimate of drug-likeness (QED) is 0.537. The fraction of sp³-hybridized carbons (Fsp3) is 0.143. The molecule has 2 aromatic rings. The smallest absolute Gasteiger partial charge is 0.233 e. The fourth-order valence-corrected chi connectivity index (χ4v) is 0.958. The Bertz CT molecular complexity index is 350. The van der Waals surface area contributed by atoms with Crippen LogP contribution in [0.15, 0.2) is 24.7 Å². The van der Waals surface area contributed by atoms with Crippen LogP contribution in [0.5, 0.6) is 0 Å². The largest absolute Gasteiger partial charge is 0.288 e. The highest BCUT2D eigenvalue weighted by Crippen LogP contribution is 1.99. The lowest BCUT2D eigenvalue weighted by molar-refractivity contribution is 1.04. The number of aryl methyl sites for hydroxylation is 1. The van der Waals surface area contributed by atoms with E-state index in [4.69, 9.17) is 0 Å². The van der Waals surface area contributed by atoms with Crippen LogP contribution in [0.3, 0.4) is 0 Å². The highest BCUT2D eigenvalue weighted by Gasteiger charge is 1.93. The van der Waals surface area contributed by atoms with Gasteiger partial charge in [0.05, 0.1) is 0 Å². The number of hydrogen-bond acceptors (Lipinski definition) is 2. The van der Waals surface area contributed by atoms with Crippen molar-refractivity contribution in [1.82, 2.24) is 14.4 Å². The predicted molar refractivity (Wildman–Crippen MR) is 37.7 cm³/mol. The monoisotopic (exact) mass is 133 g/mol. The third kappa shape index (κ3) is 0.603. The van der Waals surface area contributed by atoms with Crippen LogP contribution in [0, 0.1) is 6.92 Å². The third-order valence-electron chi connectivity index (χ3n) is 1.51. The molecular weight excluding hydrogens is 126 g/mol. The van der Waals surface area contributed by atoms with Gasteiger partial charge in [-0.05, 0) is 13.0 Å². The highest BCUT2D eigenvalue weighted by atomic mass is 15.1. The van der Waals surface area contributed by atoms with Crippen molar-refractivity contribution >= 4 is 5.78 Å². The first-order chi connectivity index (χ1) is 4.88. The molecule has 0 amide bonds. The zero-order chi connectivity index (χ0) is 6.97. The van der Waals surface area contributed by atoms with E-state index in [0.29, 0.717) is 0 Å². The lowest BCUT2D eigenvalue weighted by Crippen LogP contribution is -1.90. The second kappa shape index (κ2) is 1.80. The molecule has 0 saturated carbocycles. The molecule has 3 nitrogen and oxygen atoms in total. The van der Waals surface area contributed by atoms with Gasteiger partial charge in [0.2, 0.25) is 5.78 Å². The van der Waals surface area contributed by atoms with Crippen LogP contribution in [-0.2, 0) is 0 Å². The van der Waals surface area contributed by atoms with Crippen molar-refractivity contribution < 1.29 is 0 Å². The van der Waals surface area contributed by atoms with E-state index in [-0.39, 0.29) is 0 Å². The Balaban J connectivity index is 2.95. The number of fused-ring (bicyclic) bond motifs is 1. The maximum Gasteiger partial charge on any atom is 0.233 e. The molecular formula is C7H7N3. The molecule has 2 rings (SSSR count). The van der Waals surface area contributed by atoms with Crippen LogP contribution in [-0.4, -0.2) is 14.4 Å². The molecule has 2 aromatic heterocycles. The Kier molecular flexibility index (Phi) is 0.974. The molecule has 0 bridgehead atoms. The molecule has 0 radical (unpaired) electrons. The van der Waals surface area contributed by atoms with Gasteiger partial charge >= 0.3 is 0 Å². The van der Waals surface area contributed by atoms with Crippen LogP contribution in [0.4, 0.5) is 0 Å². The van der Waals surface area contributed by atoms with Gasteiger partial charge in [0.25, 0.3) is 0 Å². The number of aromatic nitrogens is 3. The van der Waals surface area contributed by atoms with E-state index >= 15 is 0 Å². The van der Waals surface area contributed by atoms with Crippen molar-refractivity contribution in [2.45, 2.75) is 6.92 Å². The van der Waals surface area contributed by atoms with Crippen LogP contribution in [0.25, 0.3) is 5.78 Å². The molecule has 0 N–H and O–H groups in total. The molecule has 0 saturated heterocycles. The molecule has 2 heterocycles. The summed E-state index contributed by atoms with van der Waals surface area (Å²) in [5.41, 5.74) is 1.16. The van der Waals surface area contributed by atoms with E-state index < -0.39 is 0 Å². The van der Waals surface area contributed by atoms with E-state index in [2.05, 4.69) is 9.97 Å². The Morgan fingerprint density at radius 3 is 2.90 bits per heavy atom. The van der Waals surface area contributed by atoms with Crippen molar-refractivity contribution in [1.29, 1.82) is 0 Å². The number of nitrogens with zero attached hydrogens (tertiary/aromatic N) is 3. The Labute approximate surface area is 58.4 Å². The molecule has 0 atom stereocenters. The molecule has 0 aliphatic heterocycles. The minimum absolute atomic E-state index is 0.764. The number of rotatable bonds is 0.